The highest BCUT2D eigenvalue weighted by molar-refractivity contribution is 5.94. The number of anilines is 1. The largest absolute Gasteiger partial charge is 0.381 e. The summed E-state index contributed by atoms with van der Waals surface area (Å²) in [6.07, 6.45) is 2.30. The molecule has 0 saturated carbocycles. The second kappa shape index (κ2) is 6.93. The molecule has 2 aromatic carbocycles. The van der Waals surface area contributed by atoms with Gasteiger partial charge in [-0.05, 0) is 48.2 Å². The van der Waals surface area contributed by atoms with Gasteiger partial charge in [0.15, 0.2) is 0 Å². The lowest BCUT2D eigenvalue weighted by Crippen LogP contribution is -2.12. The van der Waals surface area contributed by atoms with Crippen LogP contribution in [0.1, 0.15) is 40.4 Å². The van der Waals surface area contributed by atoms with Crippen LogP contribution in [0.25, 0.3) is 0 Å². The standard InChI is InChI=1S/C18H22N2O/c1-3-4-14-5-7-15(8-6-14)12-20-16-9-10-17(18(19)21)13(2)11-16/h5-11,20H,3-4,12H2,1-2H3,(H2,19,21). The molecule has 0 unspecified atom stereocenters. The van der Waals surface area contributed by atoms with Crippen LogP contribution in [0.4, 0.5) is 5.69 Å². The lowest BCUT2D eigenvalue weighted by Gasteiger charge is -2.10. The monoisotopic (exact) mass is 282 g/mol. The molecule has 1 amide bonds. The zero-order valence-electron chi connectivity index (χ0n) is 12.6. The van der Waals surface area contributed by atoms with E-state index in [1.165, 1.54) is 17.5 Å². The Labute approximate surface area is 126 Å². The van der Waals surface area contributed by atoms with Crippen molar-refractivity contribution in [2.75, 3.05) is 5.32 Å². The Bertz CT molecular complexity index is 618. The number of rotatable bonds is 6. The van der Waals surface area contributed by atoms with E-state index in [0.717, 1.165) is 24.2 Å². The minimum atomic E-state index is -0.384. The van der Waals surface area contributed by atoms with Gasteiger partial charge in [0.2, 0.25) is 5.91 Å². The maximum Gasteiger partial charge on any atom is 0.248 e. The topological polar surface area (TPSA) is 55.1 Å². The average molecular weight is 282 g/mol. The number of primary amides is 1. The molecule has 0 radical (unpaired) electrons. The summed E-state index contributed by atoms with van der Waals surface area (Å²) in [7, 11) is 0. The van der Waals surface area contributed by atoms with E-state index in [9.17, 15) is 4.79 Å². The first kappa shape index (κ1) is 15.1. The Balaban J connectivity index is 1.99. The van der Waals surface area contributed by atoms with Crippen molar-refractivity contribution in [1.82, 2.24) is 0 Å². The molecule has 0 heterocycles. The van der Waals surface area contributed by atoms with E-state index >= 15 is 0 Å². The van der Waals surface area contributed by atoms with Gasteiger partial charge in [-0.25, -0.2) is 0 Å². The summed E-state index contributed by atoms with van der Waals surface area (Å²) in [4.78, 5) is 11.2. The van der Waals surface area contributed by atoms with Crippen LogP contribution in [0, 0.1) is 6.92 Å². The molecule has 0 spiro atoms. The summed E-state index contributed by atoms with van der Waals surface area (Å²) in [6, 6.07) is 14.3. The van der Waals surface area contributed by atoms with Crippen LogP contribution in [0.2, 0.25) is 0 Å². The first-order valence-corrected chi connectivity index (χ1v) is 7.32. The Kier molecular flexibility index (Phi) is 4.99. The molecule has 110 valence electrons. The maximum atomic E-state index is 11.2. The number of nitrogens with one attached hydrogen (secondary N) is 1. The normalized spacial score (nSPS) is 10.4. The molecule has 0 aromatic heterocycles. The van der Waals surface area contributed by atoms with Gasteiger partial charge in [0, 0.05) is 17.8 Å². The molecule has 0 atom stereocenters. The summed E-state index contributed by atoms with van der Waals surface area (Å²) in [5, 5.41) is 3.37. The minimum Gasteiger partial charge on any atom is -0.381 e. The first-order valence-electron chi connectivity index (χ1n) is 7.32. The number of hydrogen-bond acceptors (Lipinski definition) is 2. The quantitative estimate of drug-likeness (QED) is 0.849. The van der Waals surface area contributed by atoms with Crippen LogP contribution in [-0.4, -0.2) is 5.91 Å². The molecule has 21 heavy (non-hydrogen) atoms. The number of carbonyl (C=O) groups is 1. The van der Waals surface area contributed by atoms with Gasteiger partial charge < -0.3 is 11.1 Å². The number of aryl methyl sites for hydroxylation is 2. The fourth-order valence-corrected chi connectivity index (χ4v) is 2.37. The zero-order valence-corrected chi connectivity index (χ0v) is 12.6. The van der Waals surface area contributed by atoms with E-state index in [1.807, 2.05) is 19.1 Å². The van der Waals surface area contributed by atoms with E-state index in [1.54, 1.807) is 6.07 Å². The van der Waals surface area contributed by atoms with Gasteiger partial charge in [0.25, 0.3) is 0 Å². The van der Waals surface area contributed by atoms with E-state index in [2.05, 4.69) is 36.5 Å². The second-order valence-corrected chi connectivity index (χ2v) is 5.31. The summed E-state index contributed by atoms with van der Waals surface area (Å²) in [6.45, 7) is 4.85. The van der Waals surface area contributed by atoms with Crippen LogP contribution in [0.3, 0.4) is 0 Å². The van der Waals surface area contributed by atoms with Crippen LogP contribution in [-0.2, 0) is 13.0 Å². The molecule has 3 heteroatoms. The van der Waals surface area contributed by atoms with E-state index in [-0.39, 0.29) is 5.91 Å². The lowest BCUT2D eigenvalue weighted by atomic mass is 10.1. The van der Waals surface area contributed by atoms with Crippen molar-refractivity contribution in [3.05, 3.63) is 64.7 Å². The predicted molar refractivity (Wildman–Crippen MR) is 87.5 cm³/mol. The number of nitrogens with two attached hydrogens (primary N) is 1. The van der Waals surface area contributed by atoms with Crippen LogP contribution in [0.5, 0.6) is 0 Å². The number of amides is 1. The van der Waals surface area contributed by atoms with Gasteiger partial charge >= 0.3 is 0 Å². The molecule has 0 aliphatic heterocycles. The van der Waals surface area contributed by atoms with Crippen LogP contribution >= 0.6 is 0 Å². The SMILES string of the molecule is CCCc1ccc(CNc2ccc(C(N)=O)c(C)c2)cc1. The molecule has 0 saturated heterocycles. The zero-order chi connectivity index (χ0) is 15.2. The number of benzene rings is 2. The third-order valence-electron chi connectivity index (χ3n) is 3.55. The highest BCUT2D eigenvalue weighted by atomic mass is 16.1. The van der Waals surface area contributed by atoms with Crippen molar-refractivity contribution >= 4 is 11.6 Å². The van der Waals surface area contributed by atoms with Crippen LogP contribution < -0.4 is 11.1 Å². The molecule has 0 bridgehead atoms. The summed E-state index contributed by atoms with van der Waals surface area (Å²) in [5.41, 5.74) is 10.4. The molecule has 0 aliphatic rings. The summed E-state index contributed by atoms with van der Waals surface area (Å²) < 4.78 is 0. The number of carbonyl (C=O) groups excluding carboxylic acids is 1. The Morgan fingerprint density at radius 3 is 2.33 bits per heavy atom. The van der Waals surface area contributed by atoms with Gasteiger partial charge in [0.05, 0.1) is 0 Å². The molecule has 2 rings (SSSR count). The van der Waals surface area contributed by atoms with E-state index < -0.39 is 0 Å². The summed E-state index contributed by atoms with van der Waals surface area (Å²) >= 11 is 0. The third kappa shape index (κ3) is 4.09. The highest BCUT2D eigenvalue weighted by Gasteiger charge is 2.05. The van der Waals surface area contributed by atoms with Crippen molar-refractivity contribution < 1.29 is 4.79 Å². The maximum absolute atomic E-state index is 11.2. The minimum absolute atomic E-state index is 0.384. The van der Waals surface area contributed by atoms with Gasteiger partial charge in [-0.1, -0.05) is 37.6 Å². The van der Waals surface area contributed by atoms with Gasteiger partial charge in [0.1, 0.15) is 0 Å². The Morgan fingerprint density at radius 1 is 1.10 bits per heavy atom. The molecule has 3 N–H and O–H groups in total. The molecule has 0 aliphatic carbocycles. The van der Waals surface area contributed by atoms with Crippen molar-refractivity contribution in [2.45, 2.75) is 33.2 Å². The molecular formula is C18H22N2O. The van der Waals surface area contributed by atoms with E-state index in [4.69, 9.17) is 5.73 Å². The van der Waals surface area contributed by atoms with Crippen molar-refractivity contribution in [3.63, 3.8) is 0 Å². The van der Waals surface area contributed by atoms with Crippen molar-refractivity contribution in [2.24, 2.45) is 5.73 Å². The Hall–Kier alpha value is -2.29. The van der Waals surface area contributed by atoms with Crippen LogP contribution in [0.15, 0.2) is 42.5 Å². The van der Waals surface area contributed by atoms with Gasteiger partial charge in [-0.15, -0.1) is 0 Å². The van der Waals surface area contributed by atoms with Gasteiger partial charge in [-0.2, -0.15) is 0 Å². The second-order valence-electron chi connectivity index (χ2n) is 5.31. The van der Waals surface area contributed by atoms with E-state index in [0.29, 0.717) is 5.56 Å². The number of hydrogen-bond donors (Lipinski definition) is 2. The lowest BCUT2D eigenvalue weighted by molar-refractivity contribution is 0.1000. The molecule has 0 fully saturated rings. The predicted octanol–water partition coefficient (Wildman–Crippen LogP) is 3.66. The van der Waals surface area contributed by atoms with Crippen molar-refractivity contribution in [3.8, 4) is 0 Å². The first-order chi connectivity index (χ1) is 10.1. The molecule has 3 nitrogen and oxygen atoms in total. The van der Waals surface area contributed by atoms with Crippen molar-refractivity contribution in [1.29, 1.82) is 0 Å². The Morgan fingerprint density at radius 2 is 1.76 bits per heavy atom. The molecular weight excluding hydrogens is 260 g/mol. The third-order valence-corrected chi connectivity index (χ3v) is 3.55. The fraction of sp³-hybridized carbons (Fsp3) is 0.278. The smallest absolute Gasteiger partial charge is 0.248 e. The summed E-state index contributed by atoms with van der Waals surface area (Å²) in [5.74, 6) is -0.384. The van der Waals surface area contributed by atoms with Gasteiger partial charge in [-0.3, -0.25) is 4.79 Å². The highest BCUT2D eigenvalue weighted by Crippen LogP contribution is 2.16. The fourth-order valence-electron chi connectivity index (χ4n) is 2.37. The average Bonchev–Trinajstić information content (AvgIpc) is 2.46. The molecule has 2 aromatic rings.